The van der Waals surface area contributed by atoms with Gasteiger partial charge in [0, 0.05) is 13.1 Å². The molecular formula is C11H26N2. The van der Waals surface area contributed by atoms with Crippen LogP contribution < -0.4 is 10.9 Å². The van der Waals surface area contributed by atoms with Crippen LogP contribution in [0.4, 0.5) is 0 Å². The fourth-order valence-corrected chi connectivity index (χ4v) is 1.30. The molecule has 0 aromatic rings. The van der Waals surface area contributed by atoms with Gasteiger partial charge < -0.3 is 0 Å². The van der Waals surface area contributed by atoms with Crippen LogP contribution in [0, 0.1) is 0 Å². The van der Waals surface area contributed by atoms with Crippen LogP contribution in [0.25, 0.3) is 0 Å². The molecule has 0 aliphatic heterocycles. The molecule has 0 aromatic carbocycles. The highest BCUT2D eigenvalue weighted by Gasteiger charge is 1.89. The molecule has 0 saturated carbocycles. The first-order chi connectivity index (χ1) is 6.41. The summed E-state index contributed by atoms with van der Waals surface area (Å²) in [6, 6.07) is 0. The molecule has 13 heavy (non-hydrogen) atoms. The quantitative estimate of drug-likeness (QED) is 0.405. The Labute approximate surface area is 83.5 Å². The van der Waals surface area contributed by atoms with Gasteiger partial charge in [0.25, 0.3) is 0 Å². The lowest BCUT2D eigenvalue weighted by Crippen LogP contribution is -2.32. The second kappa shape index (κ2) is 11.9. The van der Waals surface area contributed by atoms with Crippen molar-refractivity contribution in [2.24, 2.45) is 0 Å². The Morgan fingerprint density at radius 2 is 1.23 bits per heavy atom. The maximum absolute atomic E-state index is 3.23. The van der Waals surface area contributed by atoms with E-state index >= 15 is 0 Å². The average molecular weight is 186 g/mol. The lowest BCUT2D eigenvalue weighted by molar-refractivity contribution is 0.499. The van der Waals surface area contributed by atoms with Crippen molar-refractivity contribution in [3.8, 4) is 0 Å². The van der Waals surface area contributed by atoms with E-state index in [1.54, 1.807) is 0 Å². The van der Waals surface area contributed by atoms with Crippen LogP contribution >= 0.6 is 0 Å². The summed E-state index contributed by atoms with van der Waals surface area (Å²) in [5.41, 5.74) is 6.41. The van der Waals surface area contributed by atoms with Gasteiger partial charge in [0.15, 0.2) is 0 Å². The van der Waals surface area contributed by atoms with Crippen LogP contribution in [0.15, 0.2) is 0 Å². The van der Waals surface area contributed by atoms with Gasteiger partial charge in [0.1, 0.15) is 0 Å². The van der Waals surface area contributed by atoms with E-state index in [1.165, 1.54) is 44.9 Å². The Morgan fingerprint density at radius 3 is 1.92 bits per heavy atom. The zero-order chi connectivity index (χ0) is 9.78. The van der Waals surface area contributed by atoms with E-state index in [9.17, 15) is 0 Å². The summed E-state index contributed by atoms with van der Waals surface area (Å²) in [4.78, 5) is 0. The van der Waals surface area contributed by atoms with Gasteiger partial charge in [-0.25, -0.2) is 0 Å². The van der Waals surface area contributed by atoms with Crippen molar-refractivity contribution in [2.75, 3.05) is 13.1 Å². The second-order valence-electron chi connectivity index (χ2n) is 3.62. The number of rotatable bonds is 10. The standard InChI is InChI=1S/C11H26N2/c1-3-5-6-7-8-9-11-13-12-10-4-2/h12-13H,3-11H2,1-2H3. The van der Waals surface area contributed by atoms with Crippen molar-refractivity contribution in [2.45, 2.75) is 58.8 Å². The maximum atomic E-state index is 3.23. The van der Waals surface area contributed by atoms with Gasteiger partial charge in [-0.2, -0.15) is 0 Å². The average Bonchev–Trinajstić information content (AvgIpc) is 2.16. The number of unbranched alkanes of at least 4 members (excludes halogenated alkanes) is 5. The number of nitrogens with one attached hydrogen (secondary N) is 2. The van der Waals surface area contributed by atoms with Crippen molar-refractivity contribution in [3.63, 3.8) is 0 Å². The van der Waals surface area contributed by atoms with E-state index < -0.39 is 0 Å². The van der Waals surface area contributed by atoms with E-state index in [0.717, 1.165) is 13.1 Å². The molecule has 0 radical (unpaired) electrons. The molecule has 0 atom stereocenters. The van der Waals surface area contributed by atoms with E-state index in [4.69, 9.17) is 0 Å². The monoisotopic (exact) mass is 186 g/mol. The molecule has 0 unspecified atom stereocenters. The molecule has 0 fully saturated rings. The number of hydrogen-bond acceptors (Lipinski definition) is 2. The zero-order valence-electron chi connectivity index (χ0n) is 9.36. The van der Waals surface area contributed by atoms with Crippen molar-refractivity contribution >= 4 is 0 Å². The third kappa shape index (κ3) is 11.9. The highest BCUT2D eigenvalue weighted by atomic mass is 15.3. The van der Waals surface area contributed by atoms with E-state index in [1.807, 2.05) is 0 Å². The van der Waals surface area contributed by atoms with Crippen molar-refractivity contribution in [3.05, 3.63) is 0 Å². The lowest BCUT2D eigenvalue weighted by atomic mass is 10.1. The van der Waals surface area contributed by atoms with E-state index in [2.05, 4.69) is 24.7 Å². The third-order valence-electron chi connectivity index (χ3n) is 2.16. The first-order valence-corrected chi connectivity index (χ1v) is 5.87. The molecule has 0 aromatic heterocycles. The smallest absolute Gasteiger partial charge is 0.00997 e. The number of hydrogen-bond donors (Lipinski definition) is 2. The van der Waals surface area contributed by atoms with Crippen LogP contribution in [0.3, 0.4) is 0 Å². The SMILES string of the molecule is CCCCCCCCNNCCC. The Morgan fingerprint density at radius 1 is 0.615 bits per heavy atom. The van der Waals surface area contributed by atoms with Crippen molar-refractivity contribution in [1.82, 2.24) is 10.9 Å². The zero-order valence-corrected chi connectivity index (χ0v) is 9.36. The summed E-state index contributed by atoms with van der Waals surface area (Å²) in [6.45, 7) is 6.64. The Hall–Kier alpha value is -0.0800. The van der Waals surface area contributed by atoms with Gasteiger partial charge in [0.05, 0.1) is 0 Å². The van der Waals surface area contributed by atoms with Crippen LogP contribution in [-0.2, 0) is 0 Å². The molecule has 0 saturated heterocycles. The Kier molecular flexibility index (Phi) is 11.8. The minimum absolute atomic E-state index is 1.08. The molecular weight excluding hydrogens is 160 g/mol. The van der Waals surface area contributed by atoms with Crippen molar-refractivity contribution in [1.29, 1.82) is 0 Å². The maximum Gasteiger partial charge on any atom is 0.00997 e. The molecule has 0 spiro atoms. The van der Waals surface area contributed by atoms with Gasteiger partial charge in [-0.1, -0.05) is 46.0 Å². The van der Waals surface area contributed by atoms with Crippen LogP contribution in [-0.4, -0.2) is 13.1 Å². The molecule has 0 rings (SSSR count). The first-order valence-electron chi connectivity index (χ1n) is 5.87. The van der Waals surface area contributed by atoms with Gasteiger partial charge in [0.2, 0.25) is 0 Å². The summed E-state index contributed by atoms with van der Waals surface area (Å²) in [6.07, 6.45) is 9.45. The molecule has 80 valence electrons. The highest BCUT2D eigenvalue weighted by Crippen LogP contribution is 2.03. The van der Waals surface area contributed by atoms with Gasteiger partial charge in [-0.05, 0) is 12.8 Å². The third-order valence-corrected chi connectivity index (χ3v) is 2.16. The largest absolute Gasteiger partial charge is 0.258 e. The normalized spacial score (nSPS) is 10.6. The molecule has 0 aliphatic carbocycles. The molecule has 2 heteroatoms. The summed E-state index contributed by atoms with van der Waals surface area (Å²) in [7, 11) is 0. The van der Waals surface area contributed by atoms with Crippen LogP contribution in [0.5, 0.6) is 0 Å². The minimum Gasteiger partial charge on any atom is -0.258 e. The molecule has 0 aliphatic rings. The Bertz CT molecular complexity index is 74.2. The predicted octanol–water partition coefficient (Wildman–Crippen LogP) is 2.85. The molecule has 0 bridgehead atoms. The minimum atomic E-state index is 1.08. The fraction of sp³-hybridized carbons (Fsp3) is 1.00. The topological polar surface area (TPSA) is 24.1 Å². The Balaban J connectivity index is 2.76. The summed E-state index contributed by atoms with van der Waals surface area (Å²) in [5, 5.41) is 0. The molecule has 2 nitrogen and oxygen atoms in total. The predicted molar refractivity (Wildman–Crippen MR) is 59.7 cm³/mol. The van der Waals surface area contributed by atoms with Gasteiger partial charge in [-0.15, -0.1) is 0 Å². The molecule has 2 N–H and O–H groups in total. The summed E-state index contributed by atoms with van der Waals surface area (Å²) in [5.74, 6) is 0. The van der Waals surface area contributed by atoms with Crippen LogP contribution in [0.2, 0.25) is 0 Å². The van der Waals surface area contributed by atoms with E-state index in [-0.39, 0.29) is 0 Å². The fourth-order valence-electron chi connectivity index (χ4n) is 1.30. The lowest BCUT2D eigenvalue weighted by Gasteiger charge is -2.04. The summed E-state index contributed by atoms with van der Waals surface area (Å²) < 4.78 is 0. The first kappa shape index (κ1) is 12.9. The summed E-state index contributed by atoms with van der Waals surface area (Å²) >= 11 is 0. The van der Waals surface area contributed by atoms with E-state index in [0.29, 0.717) is 0 Å². The van der Waals surface area contributed by atoms with Gasteiger partial charge in [-0.3, -0.25) is 10.9 Å². The number of hydrazine groups is 1. The highest BCUT2D eigenvalue weighted by molar-refractivity contribution is 4.46. The van der Waals surface area contributed by atoms with Gasteiger partial charge >= 0.3 is 0 Å². The molecule has 0 heterocycles. The second-order valence-corrected chi connectivity index (χ2v) is 3.62. The molecule has 0 amide bonds. The van der Waals surface area contributed by atoms with Crippen LogP contribution in [0.1, 0.15) is 58.8 Å². The van der Waals surface area contributed by atoms with Crippen molar-refractivity contribution < 1.29 is 0 Å².